The molecule has 9 nitrogen and oxygen atoms in total. The number of nitrogens with one attached hydrogen (secondary N) is 1. The monoisotopic (exact) mass is 626 g/mol. The van der Waals surface area contributed by atoms with Crippen molar-refractivity contribution in [2.75, 3.05) is 23.8 Å². The Bertz CT molecular complexity index is 1410. The van der Waals surface area contributed by atoms with Crippen molar-refractivity contribution >= 4 is 43.5 Å². The number of benzene rings is 1. The van der Waals surface area contributed by atoms with E-state index in [1.54, 1.807) is 4.90 Å². The molecule has 4 rings (SSSR count). The van der Waals surface area contributed by atoms with Crippen LogP contribution in [-0.2, 0) is 27.3 Å². The first kappa shape index (κ1) is 30.1. The lowest BCUT2D eigenvalue weighted by Gasteiger charge is -2.23. The van der Waals surface area contributed by atoms with Gasteiger partial charge in [-0.3, -0.25) is 4.79 Å². The third-order valence-corrected chi connectivity index (χ3v) is 10.1. The van der Waals surface area contributed by atoms with Crippen LogP contribution in [0, 0.1) is 0 Å². The zero-order valence-corrected chi connectivity index (χ0v) is 23.2. The number of aromatic nitrogens is 2. The minimum absolute atomic E-state index is 0.0292. The van der Waals surface area contributed by atoms with Crippen molar-refractivity contribution in [2.24, 2.45) is 0 Å². The molecular formula is C23H23F5N4O5S3. The van der Waals surface area contributed by atoms with Crippen molar-refractivity contribution < 1.29 is 44.6 Å². The van der Waals surface area contributed by atoms with Crippen LogP contribution in [0.3, 0.4) is 0 Å². The lowest BCUT2D eigenvalue weighted by atomic mass is 10.2. The molecule has 2 atom stereocenters. The molecule has 40 heavy (non-hydrogen) atoms. The van der Waals surface area contributed by atoms with Crippen molar-refractivity contribution in [1.82, 2.24) is 15.3 Å². The zero-order chi connectivity index (χ0) is 29.1. The summed E-state index contributed by atoms with van der Waals surface area (Å²) in [5.41, 5.74) is -0.827. The summed E-state index contributed by atoms with van der Waals surface area (Å²) in [5.74, 6) is -0.383. The van der Waals surface area contributed by atoms with Crippen LogP contribution in [0.1, 0.15) is 33.5 Å². The predicted octanol–water partition coefficient (Wildman–Crippen LogP) is 4.61. The molecule has 1 aliphatic heterocycles. The lowest BCUT2D eigenvalue weighted by Crippen LogP contribution is -2.34. The minimum atomic E-state index is -4.49. The van der Waals surface area contributed by atoms with E-state index in [4.69, 9.17) is 4.74 Å². The van der Waals surface area contributed by atoms with Gasteiger partial charge in [-0.15, -0.1) is 11.3 Å². The fourth-order valence-corrected chi connectivity index (χ4v) is 6.98. The SMILES string of the molecule is CCS(=O)(=O)c1ncc(CNC(=O)c2cnc(N3C[C@@H](Oc4ccc(C(F)(F)F)cc4)C[C@H]3COC(F)F)s2)s1. The summed E-state index contributed by atoms with van der Waals surface area (Å²) >= 11 is 1.97. The van der Waals surface area contributed by atoms with E-state index in [-0.39, 0.29) is 46.8 Å². The highest BCUT2D eigenvalue weighted by molar-refractivity contribution is 7.93. The van der Waals surface area contributed by atoms with Gasteiger partial charge in [0, 0.05) is 17.5 Å². The number of hydrogen-bond donors (Lipinski definition) is 1. The van der Waals surface area contributed by atoms with E-state index in [1.165, 1.54) is 31.5 Å². The third-order valence-electron chi connectivity index (χ3n) is 5.84. The number of anilines is 1. The number of carbonyl (C=O) groups is 1. The third kappa shape index (κ3) is 7.44. The highest BCUT2D eigenvalue weighted by Crippen LogP contribution is 2.34. The van der Waals surface area contributed by atoms with Gasteiger partial charge in [0.1, 0.15) is 16.7 Å². The number of alkyl halides is 5. The lowest BCUT2D eigenvalue weighted by molar-refractivity contribution is -0.137. The second-order valence-electron chi connectivity index (χ2n) is 8.58. The highest BCUT2D eigenvalue weighted by atomic mass is 32.2. The van der Waals surface area contributed by atoms with Crippen LogP contribution in [0.15, 0.2) is 41.0 Å². The van der Waals surface area contributed by atoms with Gasteiger partial charge in [-0.2, -0.15) is 22.0 Å². The Labute approximate surface area is 233 Å². The number of nitrogens with zero attached hydrogens (tertiary/aromatic N) is 3. The second kappa shape index (κ2) is 12.3. The van der Waals surface area contributed by atoms with Crippen LogP contribution < -0.4 is 15.0 Å². The molecule has 3 aromatic rings. The molecule has 0 unspecified atom stereocenters. The molecule has 1 amide bonds. The quantitative estimate of drug-likeness (QED) is 0.308. The molecule has 1 N–H and O–H groups in total. The first-order valence-electron chi connectivity index (χ1n) is 11.8. The van der Waals surface area contributed by atoms with E-state index in [2.05, 4.69) is 20.0 Å². The number of carbonyl (C=O) groups excluding carboxylic acids is 1. The molecular weight excluding hydrogens is 603 g/mol. The summed E-state index contributed by atoms with van der Waals surface area (Å²) in [4.78, 5) is 23.2. The molecule has 3 heterocycles. The Morgan fingerprint density at radius 1 is 1.18 bits per heavy atom. The highest BCUT2D eigenvalue weighted by Gasteiger charge is 2.36. The number of sulfone groups is 1. The summed E-state index contributed by atoms with van der Waals surface area (Å²) in [6, 6.07) is 3.56. The maximum atomic E-state index is 12.8. The molecule has 1 saturated heterocycles. The van der Waals surface area contributed by atoms with Gasteiger partial charge in [0.2, 0.25) is 14.2 Å². The topological polar surface area (TPSA) is 111 Å². The van der Waals surface area contributed by atoms with Gasteiger partial charge in [0.15, 0.2) is 5.13 Å². The molecule has 17 heteroatoms. The van der Waals surface area contributed by atoms with Crippen LogP contribution in [0.5, 0.6) is 5.75 Å². The summed E-state index contributed by atoms with van der Waals surface area (Å²) in [6.07, 6.45) is -2.13. The second-order valence-corrected chi connectivity index (χ2v) is 13.2. The maximum absolute atomic E-state index is 12.8. The van der Waals surface area contributed by atoms with Crippen molar-refractivity contribution in [2.45, 2.75) is 49.2 Å². The van der Waals surface area contributed by atoms with Crippen molar-refractivity contribution in [1.29, 1.82) is 0 Å². The Balaban J connectivity index is 1.41. The van der Waals surface area contributed by atoms with E-state index >= 15 is 0 Å². The first-order valence-corrected chi connectivity index (χ1v) is 15.1. The van der Waals surface area contributed by atoms with Gasteiger partial charge < -0.3 is 19.7 Å². The standard InChI is InChI=1S/C23H23F5N4O5S3/c1-2-40(34,35)22-31-9-17(38-22)8-29-19(33)18-10-30-21(39-18)32-11-16(7-14(32)12-36-20(24)25)37-15-5-3-13(4-6-15)23(26,27)28/h3-6,9-10,14,16,20H,2,7-8,11-12H2,1H3,(H,29,33)/t14-,16-/m0/s1. The van der Waals surface area contributed by atoms with Crippen LogP contribution in [0.25, 0.3) is 0 Å². The molecule has 0 bridgehead atoms. The molecule has 1 fully saturated rings. The molecule has 1 aromatic carbocycles. The number of hydrogen-bond acceptors (Lipinski definition) is 10. The van der Waals surface area contributed by atoms with Crippen molar-refractivity contribution in [3.05, 3.63) is 52.0 Å². The average Bonchev–Trinajstić information content (AvgIpc) is 3.66. The fourth-order valence-electron chi connectivity index (χ4n) is 3.85. The van der Waals surface area contributed by atoms with Crippen LogP contribution in [-0.4, -0.2) is 62.0 Å². The largest absolute Gasteiger partial charge is 0.489 e. The Hall–Kier alpha value is -2.89. The molecule has 0 radical (unpaired) electrons. The number of amides is 1. The smallest absolute Gasteiger partial charge is 0.416 e. The first-order chi connectivity index (χ1) is 18.9. The van der Waals surface area contributed by atoms with Gasteiger partial charge in [0.05, 0.1) is 43.3 Å². The van der Waals surface area contributed by atoms with E-state index in [0.717, 1.165) is 34.8 Å². The Morgan fingerprint density at radius 3 is 2.55 bits per heavy atom. The van der Waals surface area contributed by atoms with E-state index < -0.39 is 46.2 Å². The summed E-state index contributed by atoms with van der Waals surface area (Å²) in [5, 5.41) is 3.02. The Kier molecular flexibility index (Phi) is 9.26. The van der Waals surface area contributed by atoms with Crippen molar-refractivity contribution in [3.63, 3.8) is 0 Å². The normalized spacial score (nSPS) is 17.9. The van der Waals surface area contributed by atoms with Crippen LogP contribution in [0.4, 0.5) is 27.1 Å². The number of ether oxygens (including phenoxy) is 2. The number of rotatable bonds is 11. The van der Waals surface area contributed by atoms with E-state index in [1.807, 2.05) is 0 Å². The minimum Gasteiger partial charge on any atom is -0.489 e. The maximum Gasteiger partial charge on any atom is 0.416 e. The summed E-state index contributed by atoms with van der Waals surface area (Å²) in [6.45, 7) is -1.65. The molecule has 218 valence electrons. The average molecular weight is 627 g/mol. The zero-order valence-electron chi connectivity index (χ0n) is 20.7. The van der Waals surface area contributed by atoms with Crippen LogP contribution in [0.2, 0.25) is 0 Å². The predicted molar refractivity (Wildman–Crippen MR) is 137 cm³/mol. The van der Waals surface area contributed by atoms with Gasteiger partial charge in [0.25, 0.3) is 5.91 Å². The molecule has 0 saturated carbocycles. The van der Waals surface area contributed by atoms with Gasteiger partial charge >= 0.3 is 12.8 Å². The fraction of sp³-hybridized carbons (Fsp3) is 0.435. The van der Waals surface area contributed by atoms with Crippen LogP contribution >= 0.6 is 22.7 Å². The molecule has 0 aliphatic carbocycles. The Morgan fingerprint density at radius 2 is 1.90 bits per heavy atom. The number of halogens is 5. The summed E-state index contributed by atoms with van der Waals surface area (Å²) in [7, 11) is -3.45. The number of thiazole rings is 2. The van der Waals surface area contributed by atoms with E-state index in [9.17, 15) is 35.2 Å². The summed E-state index contributed by atoms with van der Waals surface area (Å²) < 4.78 is 98.2. The van der Waals surface area contributed by atoms with Gasteiger partial charge in [-0.1, -0.05) is 18.3 Å². The van der Waals surface area contributed by atoms with E-state index in [0.29, 0.717) is 10.0 Å². The molecule has 1 aliphatic rings. The van der Waals surface area contributed by atoms with Gasteiger partial charge in [-0.05, 0) is 24.3 Å². The van der Waals surface area contributed by atoms with Crippen molar-refractivity contribution in [3.8, 4) is 5.75 Å². The molecule has 2 aromatic heterocycles. The molecule has 0 spiro atoms. The van der Waals surface area contributed by atoms with Gasteiger partial charge in [-0.25, -0.2) is 18.4 Å².